The van der Waals surface area contributed by atoms with E-state index < -0.39 is 0 Å². The van der Waals surface area contributed by atoms with Crippen LogP contribution in [-0.4, -0.2) is 46.2 Å². The van der Waals surface area contributed by atoms with Gasteiger partial charge in [-0.1, -0.05) is 86.1 Å². The minimum atomic E-state index is -0.0585. The number of aromatic amines is 1. The average Bonchev–Trinajstić information content (AvgIpc) is 3.30. The fourth-order valence-electron chi connectivity index (χ4n) is 4.54. The highest BCUT2D eigenvalue weighted by atomic mass is 35.5. The van der Waals surface area contributed by atoms with E-state index >= 15 is 0 Å². The van der Waals surface area contributed by atoms with Gasteiger partial charge in [0.1, 0.15) is 0 Å². The second-order valence-electron chi connectivity index (χ2n) is 9.88. The van der Waals surface area contributed by atoms with Crippen LogP contribution in [0.5, 0.6) is 0 Å². The van der Waals surface area contributed by atoms with Gasteiger partial charge < -0.3 is 14.8 Å². The molecule has 1 aromatic heterocycles. The van der Waals surface area contributed by atoms with E-state index in [-0.39, 0.29) is 30.7 Å². The topological polar surface area (TPSA) is 56.4 Å². The molecule has 0 spiro atoms. The Bertz CT molecular complexity index is 1320. The van der Waals surface area contributed by atoms with Crippen LogP contribution in [0.25, 0.3) is 10.9 Å². The van der Waals surface area contributed by atoms with Gasteiger partial charge >= 0.3 is 0 Å². The predicted octanol–water partition coefficient (Wildman–Crippen LogP) is 6.12. The number of fused-ring (bicyclic) bond motifs is 1. The quantitative estimate of drug-likeness (QED) is 0.261. The number of halogens is 1. The highest BCUT2D eigenvalue weighted by Crippen LogP contribution is 2.19. The molecule has 0 bridgehead atoms. The molecule has 0 aliphatic rings. The largest absolute Gasteiger partial charge is 0.361 e. The number of para-hydroxylation sites is 1. The molecule has 1 N–H and O–H groups in total. The number of aromatic nitrogens is 1. The van der Waals surface area contributed by atoms with E-state index in [9.17, 15) is 9.59 Å². The van der Waals surface area contributed by atoms with Crippen molar-refractivity contribution in [2.75, 3.05) is 19.6 Å². The van der Waals surface area contributed by atoms with Gasteiger partial charge in [-0.05, 0) is 47.2 Å². The third-order valence-corrected chi connectivity index (χ3v) is 6.68. The molecule has 0 fully saturated rings. The maximum atomic E-state index is 13.7. The lowest BCUT2D eigenvalue weighted by Crippen LogP contribution is -2.45. The van der Waals surface area contributed by atoms with Gasteiger partial charge in [0.25, 0.3) is 0 Å². The van der Waals surface area contributed by atoms with Crippen molar-refractivity contribution in [3.8, 4) is 0 Å². The maximum Gasteiger partial charge on any atom is 0.242 e. The van der Waals surface area contributed by atoms with E-state index in [0.29, 0.717) is 31.1 Å². The number of benzene rings is 3. The molecule has 0 saturated carbocycles. The van der Waals surface area contributed by atoms with Crippen molar-refractivity contribution in [2.45, 2.75) is 33.2 Å². The molecule has 4 rings (SSSR count). The highest BCUT2D eigenvalue weighted by molar-refractivity contribution is 6.30. The summed E-state index contributed by atoms with van der Waals surface area (Å²) in [5, 5.41) is 1.83. The summed E-state index contributed by atoms with van der Waals surface area (Å²) in [6, 6.07) is 25.4. The standard InChI is InChI=1S/C31H34ClN3O2/c1-23(2)20-35(30(36)18-24-8-4-3-5-9-24)22-31(37)34(21-25-12-14-27(32)15-13-25)17-16-26-19-33-29-11-7-6-10-28(26)29/h3-15,19,23,33H,16-18,20-22H2,1-2H3. The maximum absolute atomic E-state index is 13.7. The number of H-pyrrole nitrogens is 1. The Hall–Kier alpha value is -3.57. The lowest BCUT2D eigenvalue weighted by atomic mass is 10.1. The molecule has 5 nitrogen and oxygen atoms in total. The van der Waals surface area contributed by atoms with Crippen molar-refractivity contribution in [2.24, 2.45) is 5.92 Å². The van der Waals surface area contributed by atoms with Gasteiger partial charge in [-0.2, -0.15) is 0 Å². The third kappa shape index (κ3) is 7.46. The molecular formula is C31H34ClN3O2. The lowest BCUT2D eigenvalue weighted by Gasteiger charge is -2.29. The number of nitrogens with one attached hydrogen (secondary N) is 1. The Morgan fingerprint density at radius 1 is 0.838 bits per heavy atom. The lowest BCUT2D eigenvalue weighted by molar-refractivity contribution is -0.141. The van der Waals surface area contributed by atoms with Gasteiger partial charge in [0.2, 0.25) is 11.8 Å². The molecule has 0 aliphatic carbocycles. The predicted molar refractivity (Wildman–Crippen MR) is 150 cm³/mol. The normalized spacial score (nSPS) is 11.1. The SMILES string of the molecule is CC(C)CN(CC(=O)N(CCc1c[nH]c2ccccc12)Cc1ccc(Cl)cc1)C(=O)Cc1ccccc1. The summed E-state index contributed by atoms with van der Waals surface area (Å²) in [5.74, 6) is 0.164. The van der Waals surface area contributed by atoms with Gasteiger partial charge in [0.05, 0.1) is 13.0 Å². The fourth-order valence-corrected chi connectivity index (χ4v) is 4.66. The van der Waals surface area contributed by atoms with Crippen LogP contribution in [0.1, 0.15) is 30.5 Å². The van der Waals surface area contributed by atoms with Crippen molar-refractivity contribution >= 4 is 34.3 Å². The number of amides is 2. The molecule has 0 aliphatic heterocycles. The van der Waals surface area contributed by atoms with Crippen LogP contribution in [0.15, 0.2) is 85.1 Å². The number of carbonyl (C=O) groups excluding carboxylic acids is 2. The number of nitrogens with zero attached hydrogens (tertiary/aromatic N) is 2. The van der Waals surface area contributed by atoms with Crippen LogP contribution in [-0.2, 0) is 29.0 Å². The van der Waals surface area contributed by atoms with Crippen LogP contribution in [0.2, 0.25) is 5.02 Å². The summed E-state index contributed by atoms with van der Waals surface area (Å²) in [6.45, 7) is 5.73. The van der Waals surface area contributed by atoms with Crippen LogP contribution < -0.4 is 0 Å². The van der Waals surface area contributed by atoms with E-state index in [0.717, 1.165) is 16.6 Å². The molecule has 6 heteroatoms. The van der Waals surface area contributed by atoms with Gasteiger partial charge in [-0.25, -0.2) is 0 Å². The van der Waals surface area contributed by atoms with E-state index in [1.54, 1.807) is 4.90 Å². The number of hydrogen-bond donors (Lipinski definition) is 1. The number of hydrogen-bond acceptors (Lipinski definition) is 2. The number of carbonyl (C=O) groups is 2. The zero-order valence-corrected chi connectivity index (χ0v) is 22.2. The van der Waals surface area contributed by atoms with Crippen LogP contribution in [0, 0.1) is 5.92 Å². The van der Waals surface area contributed by atoms with Gasteiger partial charge in [-0.3, -0.25) is 9.59 Å². The second kappa shape index (κ2) is 12.6. The van der Waals surface area contributed by atoms with Crippen molar-refractivity contribution < 1.29 is 9.59 Å². The second-order valence-corrected chi connectivity index (χ2v) is 10.3. The Morgan fingerprint density at radius 3 is 2.27 bits per heavy atom. The molecule has 1 heterocycles. The molecule has 0 atom stereocenters. The number of rotatable bonds is 11. The average molecular weight is 516 g/mol. The molecule has 0 saturated heterocycles. The van der Waals surface area contributed by atoms with Crippen molar-refractivity contribution in [1.29, 1.82) is 0 Å². The Labute approximate surface area is 224 Å². The molecular weight excluding hydrogens is 482 g/mol. The highest BCUT2D eigenvalue weighted by Gasteiger charge is 2.23. The fraction of sp³-hybridized carbons (Fsp3) is 0.290. The smallest absolute Gasteiger partial charge is 0.242 e. The van der Waals surface area contributed by atoms with Crippen molar-refractivity contribution in [1.82, 2.24) is 14.8 Å². The zero-order chi connectivity index (χ0) is 26.2. The minimum absolute atomic E-state index is 0.0312. The Balaban J connectivity index is 1.51. The summed E-state index contributed by atoms with van der Waals surface area (Å²) >= 11 is 6.09. The van der Waals surface area contributed by atoms with Crippen LogP contribution in [0.4, 0.5) is 0 Å². The molecule has 2 amide bonds. The first-order chi connectivity index (χ1) is 17.9. The first kappa shape index (κ1) is 26.5. The first-order valence-electron chi connectivity index (χ1n) is 12.8. The molecule has 192 valence electrons. The summed E-state index contributed by atoms with van der Waals surface area (Å²) in [6.07, 6.45) is 3.02. The Kier molecular flexibility index (Phi) is 9.02. The molecule has 0 unspecified atom stereocenters. The third-order valence-electron chi connectivity index (χ3n) is 6.43. The molecule has 0 radical (unpaired) electrons. The van der Waals surface area contributed by atoms with Crippen LogP contribution >= 0.6 is 11.6 Å². The van der Waals surface area contributed by atoms with Crippen molar-refractivity contribution in [3.05, 3.63) is 107 Å². The first-order valence-corrected chi connectivity index (χ1v) is 13.2. The monoisotopic (exact) mass is 515 g/mol. The Morgan fingerprint density at radius 2 is 1.54 bits per heavy atom. The zero-order valence-electron chi connectivity index (χ0n) is 21.5. The molecule has 4 aromatic rings. The minimum Gasteiger partial charge on any atom is -0.361 e. The van der Waals surface area contributed by atoms with E-state index in [4.69, 9.17) is 11.6 Å². The van der Waals surface area contributed by atoms with Gasteiger partial charge in [-0.15, -0.1) is 0 Å². The van der Waals surface area contributed by atoms with E-state index in [1.807, 2.05) is 77.8 Å². The summed E-state index contributed by atoms with van der Waals surface area (Å²) in [5.41, 5.74) is 4.21. The summed E-state index contributed by atoms with van der Waals surface area (Å²) < 4.78 is 0. The van der Waals surface area contributed by atoms with Crippen molar-refractivity contribution in [3.63, 3.8) is 0 Å². The molecule has 37 heavy (non-hydrogen) atoms. The van der Waals surface area contributed by atoms with E-state index in [2.05, 4.69) is 31.0 Å². The van der Waals surface area contributed by atoms with Gasteiger partial charge in [0, 0.05) is 41.8 Å². The summed E-state index contributed by atoms with van der Waals surface area (Å²) in [4.78, 5) is 33.8. The summed E-state index contributed by atoms with van der Waals surface area (Å²) in [7, 11) is 0. The molecule has 3 aromatic carbocycles. The van der Waals surface area contributed by atoms with Crippen LogP contribution in [0.3, 0.4) is 0 Å². The van der Waals surface area contributed by atoms with E-state index in [1.165, 1.54) is 10.9 Å². The van der Waals surface area contributed by atoms with Gasteiger partial charge in [0.15, 0.2) is 0 Å².